The molecular weight excluding hydrogens is 438 g/mol. The highest BCUT2D eigenvalue weighted by Gasteiger charge is 2.28. The fourth-order valence-corrected chi connectivity index (χ4v) is 4.61. The minimum absolute atomic E-state index is 0.290. The molecule has 1 N–H and O–H groups in total. The van der Waals surface area contributed by atoms with Crippen LogP contribution in [0, 0.1) is 0 Å². The van der Waals surface area contributed by atoms with Crippen LogP contribution in [0.3, 0.4) is 0 Å². The van der Waals surface area contributed by atoms with Gasteiger partial charge in [0, 0.05) is 11.9 Å². The van der Waals surface area contributed by atoms with Crippen LogP contribution in [0.2, 0.25) is 0 Å². The van der Waals surface area contributed by atoms with Crippen molar-refractivity contribution in [1.82, 2.24) is 25.1 Å². The van der Waals surface area contributed by atoms with E-state index in [9.17, 15) is 9.59 Å². The lowest BCUT2D eigenvalue weighted by Crippen LogP contribution is -2.39. The lowest BCUT2D eigenvalue weighted by Gasteiger charge is -2.20. The highest BCUT2D eigenvalue weighted by atomic mass is 32.2. The number of ether oxygens (including phenoxy) is 1. The van der Waals surface area contributed by atoms with E-state index in [2.05, 4.69) is 27.0 Å². The zero-order valence-corrected chi connectivity index (χ0v) is 19.5. The molecule has 170 valence electrons. The molecule has 0 aliphatic heterocycles. The summed E-state index contributed by atoms with van der Waals surface area (Å²) in [5.74, 6) is -0.817. The second kappa shape index (κ2) is 9.99. The van der Waals surface area contributed by atoms with Gasteiger partial charge in [-0.3, -0.25) is 4.79 Å². The van der Waals surface area contributed by atoms with Gasteiger partial charge in [-0.2, -0.15) is 0 Å². The van der Waals surface area contributed by atoms with Crippen molar-refractivity contribution in [2.75, 3.05) is 7.11 Å². The Hall–Kier alpha value is -3.46. The lowest BCUT2D eigenvalue weighted by molar-refractivity contribution is -0.145. The number of aryl methyl sites for hydroxylation is 1. The van der Waals surface area contributed by atoms with Crippen LogP contribution in [0.5, 0.6) is 0 Å². The van der Waals surface area contributed by atoms with Crippen LogP contribution in [-0.4, -0.2) is 44.0 Å². The van der Waals surface area contributed by atoms with Crippen molar-refractivity contribution >= 4 is 45.7 Å². The molecule has 4 rings (SSSR count). The zero-order chi connectivity index (χ0) is 23.4. The van der Waals surface area contributed by atoms with Crippen LogP contribution < -0.4 is 5.32 Å². The Morgan fingerprint density at radius 1 is 1.06 bits per heavy atom. The van der Waals surface area contributed by atoms with Crippen molar-refractivity contribution in [3.8, 4) is 0 Å². The second-order valence-electron chi connectivity index (χ2n) is 7.42. The van der Waals surface area contributed by atoms with Gasteiger partial charge in [-0.25, -0.2) is 9.78 Å². The minimum atomic E-state index is -0.887. The van der Waals surface area contributed by atoms with E-state index in [1.807, 2.05) is 49.4 Å². The first-order chi connectivity index (χ1) is 16.1. The first-order valence-corrected chi connectivity index (χ1v) is 11.7. The Morgan fingerprint density at radius 2 is 1.79 bits per heavy atom. The van der Waals surface area contributed by atoms with Crippen LogP contribution >= 0.6 is 11.8 Å². The first kappa shape index (κ1) is 22.7. The number of methoxy groups -OCH3 is 1. The van der Waals surface area contributed by atoms with Gasteiger partial charge in [-0.05, 0) is 25.0 Å². The van der Waals surface area contributed by atoms with Gasteiger partial charge in [0.1, 0.15) is 5.52 Å². The van der Waals surface area contributed by atoms with Crippen molar-refractivity contribution < 1.29 is 14.3 Å². The molecule has 0 radical (unpaired) electrons. The number of thioether (sulfide) groups is 1. The molecule has 0 spiro atoms. The number of esters is 1. The molecule has 9 heteroatoms. The second-order valence-corrected chi connectivity index (χ2v) is 8.59. The number of fused-ring (bicyclic) bond motifs is 3. The molecule has 0 fully saturated rings. The van der Waals surface area contributed by atoms with Gasteiger partial charge >= 0.3 is 5.97 Å². The van der Waals surface area contributed by atoms with Crippen LogP contribution in [0.4, 0.5) is 0 Å². The molecule has 2 heterocycles. The maximum absolute atomic E-state index is 13.1. The molecule has 0 aliphatic rings. The number of carbonyl (C=O) groups excluding carboxylic acids is 2. The molecule has 33 heavy (non-hydrogen) atoms. The van der Waals surface area contributed by atoms with Crippen molar-refractivity contribution in [3.05, 3.63) is 60.2 Å². The summed E-state index contributed by atoms with van der Waals surface area (Å²) >= 11 is 1.24. The quantitative estimate of drug-likeness (QED) is 0.312. The number of hydrogen-bond donors (Lipinski definition) is 1. The maximum Gasteiger partial charge on any atom is 0.333 e. The highest BCUT2D eigenvalue weighted by Crippen LogP contribution is 2.29. The molecule has 0 aliphatic carbocycles. The normalized spacial score (nSPS) is 13.1. The number of benzene rings is 2. The van der Waals surface area contributed by atoms with Gasteiger partial charge < -0.3 is 14.6 Å². The highest BCUT2D eigenvalue weighted by molar-refractivity contribution is 8.00. The fourth-order valence-electron chi connectivity index (χ4n) is 3.79. The molecule has 4 aromatic rings. The van der Waals surface area contributed by atoms with Crippen molar-refractivity contribution in [3.63, 3.8) is 0 Å². The Balaban J connectivity index is 1.59. The predicted octanol–water partition coefficient (Wildman–Crippen LogP) is 3.90. The monoisotopic (exact) mass is 463 g/mol. The van der Waals surface area contributed by atoms with E-state index in [0.717, 1.165) is 28.6 Å². The number of nitrogens with zero attached hydrogens (tertiary/aromatic N) is 4. The molecule has 2 aromatic carbocycles. The number of amides is 1. The maximum atomic E-state index is 13.1. The largest absolute Gasteiger partial charge is 0.467 e. The zero-order valence-electron chi connectivity index (χ0n) is 18.7. The third kappa shape index (κ3) is 4.54. The number of carbonyl (C=O) groups is 2. The molecule has 2 atom stereocenters. The van der Waals surface area contributed by atoms with E-state index in [1.54, 1.807) is 12.1 Å². The molecular formula is C24H25N5O3S. The summed E-state index contributed by atoms with van der Waals surface area (Å²) in [5.41, 5.74) is 3.18. The number of aromatic nitrogens is 4. The Morgan fingerprint density at radius 3 is 2.48 bits per heavy atom. The van der Waals surface area contributed by atoms with E-state index < -0.39 is 17.3 Å². The Labute approximate surface area is 195 Å². The van der Waals surface area contributed by atoms with Gasteiger partial charge in [-0.15, -0.1) is 10.2 Å². The van der Waals surface area contributed by atoms with Crippen LogP contribution in [-0.2, 0) is 20.9 Å². The van der Waals surface area contributed by atoms with Gasteiger partial charge in [0.25, 0.3) is 0 Å². The molecule has 2 aromatic heterocycles. The number of hydrogen-bond acceptors (Lipinski definition) is 7. The lowest BCUT2D eigenvalue weighted by atomic mass is 10.1. The van der Waals surface area contributed by atoms with Crippen molar-refractivity contribution in [1.29, 1.82) is 0 Å². The standard InChI is InChI=1S/C24H25N5O3S/c1-4-18(22(30)25-19(23(31)32-3)15-11-7-6-8-12-15)33-24-26-21-20(27-28-24)16-13-9-10-14-17(16)29(21)5-2/h6-14,18-19H,4-5H2,1-3H3,(H,25,30). The van der Waals surface area contributed by atoms with Crippen LogP contribution in [0.15, 0.2) is 59.8 Å². The average molecular weight is 464 g/mol. The summed E-state index contributed by atoms with van der Waals surface area (Å²) < 4.78 is 6.99. The van der Waals surface area contributed by atoms with E-state index in [1.165, 1.54) is 18.9 Å². The average Bonchev–Trinajstić information content (AvgIpc) is 3.18. The van der Waals surface area contributed by atoms with E-state index in [-0.39, 0.29) is 5.91 Å². The Bertz CT molecular complexity index is 1290. The molecule has 2 unspecified atom stereocenters. The summed E-state index contributed by atoms with van der Waals surface area (Å²) in [4.78, 5) is 30.2. The summed E-state index contributed by atoms with van der Waals surface area (Å²) in [6.07, 6.45) is 0.525. The van der Waals surface area contributed by atoms with Gasteiger partial charge in [-0.1, -0.05) is 67.2 Å². The predicted molar refractivity (Wildman–Crippen MR) is 128 cm³/mol. The van der Waals surface area contributed by atoms with E-state index in [0.29, 0.717) is 17.1 Å². The molecule has 1 amide bonds. The smallest absolute Gasteiger partial charge is 0.333 e. The van der Waals surface area contributed by atoms with Gasteiger partial charge in [0.15, 0.2) is 11.7 Å². The minimum Gasteiger partial charge on any atom is -0.467 e. The van der Waals surface area contributed by atoms with Crippen molar-refractivity contribution in [2.45, 2.75) is 43.3 Å². The summed E-state index contributed by atoms with van der Waals surface area (Å²) in [6, 6.07) is 16.1. The van der Waals surface area contributed by atoms with Gasteiger partial charge in [0.2, 0.25) is 11.1 Å². The molecule has 0 saturated heterocycles. The molecule has 8 nitrogen and oxygen atoms in total. The fraction of sp³-hybridized carbons (Fsp3) is 0.292. The van der Waals surface area contributed by atoms with Crippen molar-refractivity contribution in [2.24, 2.45) is 0 Å². The molecule has 0 bridgehead atoms. The Kier molecular flexibility index (Phi) is 6.88. The summed E-state index contributed by atoms with van der Waals surface area (Å²) in [6.45, 7) is 4.70. The SMILES string of the molecule is CCC(Sc1nnc2c3ccccc3n(CC)c2n1)C(=O)NC(C(=O)OC)c1ccccc1. The van der Waals surface area contributed by atoms with E-state index >= 15 is 0 Å². The summed E-state index contributed by atoms with van der Waals surface area (Å²) in [5, 5.41) is 12.4. The molecule has 0 saturated carbocycles. The summed E-state index contributed by atoms with van der Waals surface area (Å²) in [7, 11) is 1.30. The van der Waals surface area contributed by atoms with Crippen LogP contribution in [0.1, 0.15) is 31.9 Å². The van der Waals surface area contributed by atoms with Gasteiger partial charge in [0.05, 0.1) is 17.9 Å². The number of nitrogens with one attached hydrogen (secondary N) is 1. The van der Waals surface area contributed by atoms with E-state index in [4.69, 9.17) is 9.72 Å². The number of rotatable bonds is 8. The third-order valence-electron chi connectivity index (χ3n) is 5.44. The van der Waals surface area contributed by atoms with Crippen LogP contribution in [0.25, 0.3) is 22.1 Å². The first-order valence-electron chi connectivity index (χ1n) is 10.8. The third-order valence-corrected chi connectivity index (χ3v) is 6.65. The number of para-hydroxylation sites is 1. The topological polar surface area (TPSA) is 99.0 Å².